The zero-order valence-corrected chi connectivity index (χ0v) is 15.1. The molecule has 5 nitrogen and oxygen atoms in total. The van der Waals surface area contributed by atoms with Crippen LogP contribution in [0.25, 0.3) is 0 Å². The first-order chi connectivity index (χ1) is 12.6. The quantitative estimate of drug-likeness (QED) is 0.595. The van der Waals surface area contributed by atoms with Gasteiger partial charge in [0.25, 0.3) is 0 Å². The zero-order chi connectivity index (χ0) is 17.8. The summed E-state index contributed by atoms with van der Waals surface area (Å²) >= 11 is 0. The monoisotopic (exact) mass is 352 g/mol. The highest BCUT2D eigenvalue weighted by Crippen LogP contribution is 2.71. The molecule has 26 heavy (non-hydrogen) atoms. The van der Waals surface area contributed by atoms with Crippen LogP contribution in [0.5, 0.6) is 0 Å². The summed E-state index contributed by atoms with van der Waals surface area (Å²) in [4.78, 5) is 15.7. The number of aliphatic hydroxyl groups excluding tert-OH is 1. The van der Waals surface area contributed by atoms with Gasteiger partial charge < -0.3 is 15.2 Å². The molecule has 1 saturated carbocycles. The van der Waals surface area contributed by atoms with E-state index < -0.39 is 16.9 Å². The van der Waals surface area contributed by atoms with Gasteiger partial charge in [-0.25, -0.2) is 0 Å². The number of anilines is 1. The van der Waals surface area contributed by atoms with Crippen LogP contribution >= 0.6 is 0 Å². The highest BCUT2D eigenvalue weighted by atomic mass is 16.5. The van der Waals surface area contributed by atoms with Gasteiger partial charge in [-0.05, 0) is 31.4 Å². The van der Waals surface area contributed by atoms with E-state index >= 15 is 0 Å². The van der Waals surface area contributed by atoms with Crippen LogP contribution < -0.4 is 5.32 Å². The van der Waals surface area contributed by atoms with Crippen LogP contribution in [0.4, 0.5) is 5.69 Å². The van der Waals surface area contributed by atoms with Gasteiger partial charge in [-0.1, -0.05) is 29.8 Å². The lowest BCUT2D eigenvalue weighted by molar-refractivity contribution is -0.179. The maximum atomic E-state index is 13.2. The summed E-state index contributed by atoms with van der Waals surface area (Å²) in [6.45, 7) is 2.96. The molecule has 136 valence electrons. The van der Waals surface area contributed by atoms with Gasteiger partial charge in [-0.15, -0.1) is 0 Å². The van der Waals surface area contributed by atoms with E-state index in [2.05, 4.69) is 35.3 Å². The van der Waals surface area contributed by atoms with Crippen molar-refractivity contribution in [2.45, 2.75) is 49.4 Å². The number of methoxy groups -OCH3 is 1. The third kappa shape index (κ3) is 1.28. The first-order valence-electron chi connectivity index (χ1n) is 9.64. The number of nitrogens with one attached hydrogen (secondary N) is 1. The molecule has 5 heterocycles. The van der Waals surface area contributed by atoms with E-state index in [4.69, 9.17) is 4.74 Å². The smallest absolute Gasteiger partial charge is 0.316 e. The molecule has 0 radical (unpaired) electrons. The number of ether oxygens (including phenoxy) is 1. The van der Waals surface area contributed by atoms with Gasteiger partial charge >= 0.3 is 5.97 Å². The molecule has 1 aliphatic carbocycles. The first kappa shape index (κ1) is 15.2. The van der Waals surface area contributed by atoms with Crippen LogP contribution in [0.15, 0.2) is 35.9 Å². The van der Waals surface area contributed by atoms with Crippen molar-refractivity contribution in [1.29, 1.82) is 0 Å². The number of para-hydroxylation sites is 1. The third-order valence-corrected chi connectivity index (χ3v) is 8.30. The number of hydrogen-bond donors (Lipinski definition) is 2. The van der Waals surface area contributed by atoms with Crippen molar-refractivity contribution in [2.75, 3.05) is 19.0 Å². The summed E-state index contributed by atoms with van der Waals surface area (Å²) in [6.07, 6.45) is 3.15. The molecule has 0 aromatic heterocycles. The summed E-state index contributed by atoms with van der Waals surface area (Å²) in [5.74, 6) is -0.154. The van der Waals surface area contributed by atoms with Crippen LogP contribution in [-0.4, -0.2) is 53.9 Å². The van der Waals surface area contributed by atoms with Crippen molar-refractivity contribution in [2.24, 2.45) is 11.3 Å². The molecule has 2 unspecified atom stereocenters. The van der Waals surface area contributed by atoms with Gasteiger partial charge in [0.1, 0.15) is 5.41 Å². The number of aliphatic hydroxyl groups is 1. The van der Waals surface area contributed by atoms with Gasteiger partial charge in [0.2, 0.25) is 0 Å². The summed E-state index contributed by atoms with van der Waals surface area (Å²) in [7, 11) is 1.46. The van der Waals surface area contributed by atoms with E-state index in [-0.39, 0.29) is 24.0 Å². The van der Waals surface area contributed by atoms with Gasteiger partial charge in [0.05, 0.1) is 19.3 Å². The van der Waals surface area contributed by atoms with Crippen molar-refractivity contribution in [3.8, 4) is 0 Å². The van der Waals surface area contributed by atoms with Gasteiger partial charge in [-0.3, -0.25) is 9.69 Å². The second kappa shape index (κ2) is 4.52. The standard InChI is InChI=1S/C21H24N2O3/c1-3-11-10-23-15-8-13(11)21(19(25)26-2)16(23)9-20(18(21)24)12-6-4-5-7-14(12)22-17(15)20/h3-7,13,15-18,22,24H,8-10H2,1-2H3/b11-3-/t13-,15+,16+,17-,18-,20-,21?/m1/s1. The van der Waals surface area contributed by atoms with Crippen LogP contribution in [0.1, 0.15) is 25.3 Å². The summed E-state index contributed by atoms with van der Waals surface area (Å²) in [5, 5.41) is 15.6. The fraction of sp³-hybridized carbons (Fsp3) is 0.571. The molecular formula is C21H24N2O3. The second-order valence-electron chi connectivity index (χ2n) is 8.65. The van der Waals surface area contributed by atoms with E-state index in [1.807, 2.05) is 12.1 Å². The number of esters is 1. The normalized spacial score (nSPS) is 50.5. The van der Waals surface area contributed by atoms with Crippen LogP contribution in [-0.2, 0) is 14.9 Å². The number of fused-ring (bicyclic) bond motifs is 2. The molecule has 8 atom stereocenters. The van der Waals surface area contributed by atoms with E-state index in [1.54, 1.807) is 0 Å². The first-order valence-corrected chi connectivity index (χ1v) is 9.64. The Hall–Kier alpha value is -1.85. The fourth-order valence-electron chi connectivity index (χ4n) is 7.49. The lowest BCUT2D eigenvalue weighted by Crippen LogP contribution is -2.71. The molecule has 6 aliphatic rings. The Balaban J connectivity index is 1.65. The number of nitrogens with zero attached hydrogens (tertiary/aromatic N) is 1. The largest absolute Gasteiger partial charge is 0.468 e. The van der Waals surface area contributed by atoms with Gasteiger partial charge in [-0.2, -0.15) is 0 Å². The van der Waals surface area contributed by atoms with Crippen LogP contribution in [0.2, 0.25) is 0 Å². The SMILES string of the molecule is C/C=C1/CN2[C@H]3C[C@@]45c6ccccc6N[C@@H]4[C@@H]2C[C@H]1C3(C(=O)OC)[C@@H]5O. The lowest BCUT2D eigenvalue weighted by Gasteiger charge is -2.60. The molecule has 1 spiro atoms. The number of piperidine rings is 4. The second-order valence-corrected chi connectivity index (χ2v) is 8.65. The highest BCUT2D eigenvalue weighted by Gasteiger charge is 2.82. The van der Waals surface area contributed by atoms with E-state index in [0.717, 1.165) is 25.1 Å². The average molecular weight is 352 g/mol. The summed E-state index contributed by atoms with van der Waals surface area (Å²) in [5.41, 5.74) is 2.34. The van der Waals surface area contributed by atoms with Crippen LogP contribution in [0.3, 0.4) is 0 Å². The molecule has 1 aromatic carbocycles. The van der Waals surface area contributed by atoms with Crippen molar-refractivity contribution in [1.82, 2.24) is 4.90 Å². The Morgan fingerprint density at radius 3 is 3.00 bits per heavy atom. The Morgan fingerprint density at radius 2 is 2.23 bits per heavy atom. The Bertz CT molecular complexity index is 867. The van der Waals surface area contributed by atoms with Crippen LogP contribution in [0, 0.1) is 11.3 Å². The zero-order valence-electron chi connectivity index (χ0n) is 15.1. The molecule has 5 bridgehead atoms. The molecule has 5 heteroatoms. The topological polar surface area (TPSA) is 61.8 Å². The minimum Gasteiger partial charge on any atom is -0.468 e. The van der Waals surface area contributed by atoms with E-state index in [1.165, 1.54) is 18.2 Å². The molecule has 7 rings (SSSR count). The summed E-state index contributed by atoms with van der Waals surface area (Å²) in [6, 6.07) is 8.89. The van der Waals surface area contributed by atoms with Gasteiger partial charge in [0, 0.05) is 35.6 Å². The number of benzene rings is 1. The lowest BCUT2D eigenvalue weighted by atomic mass is 9.58. The molecule has 1 aromatic rings. The number of allylic oxidation sites excluding steroid dienone is 1. The number of hydrogen-bond acceptors (Lipinski definition) is 5. The number of carbonyl (C=O) groups is 1. The Morgan fingerprint density at radius 1 is 1.42 bits per heavy atom. The minimum atomic E-state index is -0.848. The number of rotatable bonds is 1. The summed E-state index contributed by atoms with van der Waals surface area (Å²) < 4.78 is 5.34. The maximum Gasteiger partial charge on any atom is 0.316 e. The molecular weight excluding hydrogens is 328 g/mol. The molecule has 2 N–H and O–H groups in total. The fourth-order valence-corrected chi connectivity index (χ4v) is 7.49. The minimum absolute atomic E-state index is 0.0570. The molecule has 5 fully saturated rings. The predicted octanol–water partition coefficient (Wildman–Crippen LogP) is 1.68. The molecule has 5 aliphatic heterocycles. The van der Waals surface area contributed by atoms with Crippen molar-refractivity contribution < 1.29 is 14.6 Å². The number of carbonyl (C=O) groups excluding carboxylic acids is 1. The average Bonchev–Trinajstić information content (AvgIpc) is 3.13. The van der Waals surface area contributed by atoms with E-state index in [0.29, 0.717) is 6.04 Å². The third-order valence-electron chi connectivity index (χ3n) is 8.30. The molecule has 0 amide bonds. The highest BCUT2D eigenvalue weighted by molar-refractivity contribution is 5.84. The molecule has 4 saturated heterocycles. The van der Waals surface area contributed by atoms with Crippen molar-refractivity contribution in [3.05, 3.63) is 41.5 Å². The van der Waals surface area contributed by atoms with E-state index in [9.17, 15) is 9.90 Å². The predicted molar refractivity (Wildman–Crippen MR) is 96.7 cm³/mol. The Kier molecular flexibility index (Phi) is 2.65. The van der Waals surface area contributed by atoms with Gasteiger partial charge in [0.15, 0.2) is 0 Å². The van der Waals surface area contributed by atoms with Crippen molar-refractivity contribution in [3.63, 3.8) is 0 Å². The maximum absolute atomic E-state index is 13.2. The Labute approximate surface area is 153 Å². The van der Waals surface area contributed by atoms with Crippen molar-refractivity contribution >= 4 is 11.7 Å².